The number of fused-ring (bicyclic) bond motifs is 5. The molecule has 22 nitrogen and oxygen atoms in total. The maximum absolute atomic E-state index is 16.0. The first-order chi connectivity index (χ1) is 21.9. The van der Waals surface area contributed by atoms with E-state index < -0.39 is 96.0 Å². The number of carbonyl (C=O) groups is 1. The molecule has 0 aromatic carbocycles. The first-order valence-electron chi connectivity index (χ1n) is 13.3. The van der Waals surface area contributed by atoms with E-state index in [0.717, 1.165) is 22.9 Å². The summed E-state index contributed by atoms with van der Waals surface area (Å²) in [6, 6.07) is -1.14. The van der Waals surface area contributed by atoms with Gasteiger partial charge in [0, 0.05) is 7.11 Å². The molecular formula is C20H25FN10O12P2S. The average Bonchev–Trinajstić information content (AvgIpc) is 3.75. The van der Waals surface area contributed by atoms with Gasteiger partial charge in [0.15, 0.2) is 36.4 Å². The van der Waals surface area contributed by atoms with Crippen LogP contribution in [0.4, 0.5) is 10.2 Å². The van der Waals surface area contributed by atoms with E-state index in [1.807, 2.05) is 0 Å². The second-order valence-corrected chi connectivity index (χ2v) is 14.0. The van der Waals surface area contributed by atoms with Crippen molar-refractivity contribution in [1.29, 1.82) is 0 Å². The van der Waals surface area contributed by atoms with E-state index in [4.69, 9.17) is 43.8 Å². The van der Waals surface area contributed by atoms with E-state index in [1.54, 1.807) is 0 Å². The van der Waals surface area contributed by atoms with Crippen LogP contribution in [0.1, 0.15) is 11.0 Å². The van der Waals surface area contributed by atoms with Crippen molar-refractivity contribution in [2.24, 2.45) is 21.1 Å². The fraction of sp³-hybridized carbons (Fsp3) is 0.650. The number of phosphoric acid groups is 2. The van der Waals surface area contributed by atoms with E-state index in [9.17, 15) is 23.7 Å². The summed E-state index contributed by atoms with van der Waals surface area (Å²) >= 11 is 0.804. The molecule has 0 radical (unpaired) electrons. The van der Waals surface area contributed by atoms with Gasteiger partial charge in [-0.25, -0.2) is 33.5 Å². The zero-order valence-corrected chi connectivity index (χ0v) is 25.8. The smallest absolute Gasteiger partial charge is 0.382 e. The van der Waals surface area contributed by atoms with Crippen molar-refractivity contribution in [1.82, 2.24) is 24.7 Å². The summed E-state index contributed by atoms with van der Waals surface area (Å²) in [4.78, 5) is 46.0. The zero-order valence-electron chi connectivity index (χ0n) is 23.2. The molecule has 7 rings (SSSR count). The molecular weight excluding hydrogens is 685 g/mol. The molecule has 1 amide bonds. The number of phosphoric ester groups is 2. The highest BCUT2D eigenvalue weighted by molar-refractivity contribution is 7.47. The highest BCUT2D eigenvalue weighted by atomic mass is 32.1. The van der Waals surface area contributed by atoms with Gasteiger partial charge in [-0.2, -0.15) is 9.49 Å². The molecule has 5 aliphatic heterocycles. The van der Waals surface area contributed by atoms with Crippen molar-refractivity contribution in [2.75, 3.05) is 26.1 Å². The Kier molecular flexibility index (Phi) is 8.06. The molecule has 7 heterocycles. The molecule has 26 heteroatoms. The van der Waals surface area contributed by atoms with E-state index in [-0.39, 0.29) is 27.7 Å². The number of carbonyl (C=O) groups excluding carboxylic acids is 1. The van der Waals surface area contributed by atoms with Crippen molar-refractivity contribution in [2.45, 2.75) is 61.2 Å². The van der Waals surface area contributed by atoms with E-state index in [1.165, 1.54) is 7.11 Å². The molecule has 0 saturated carbocycles. The van der Waals surface area contributed by atoms with Crippen LogP contribution >= 0.6 is 27.2 Å². The molecule has 3 fully saturated rings. The number of ether oxygens (including phenoxy) is 3. The van der Waals surface area contributed by atoms with E-state index in [0.29, 0.717) is 0 Å². The molecule has 3 saturated heterocycles. The number of nitrogens with two attached hydrogens (primary N) is 2. The van der Waals surface area contributed by atoms with Crippen molar-refractivity contribution in [3.63, 3.8) is 0 Å². The summed E-state index contributed by atoms with van der Waals surface area (Å²) in [5.41, 5.74) is 11.9. The molecule has 2 bridgehead atoms. The van der Waals surface area contributed by atoms with Crippen LogP contribution in [0.3, 0.4) is 0 Å². The van der Waals surface area contributed by atoms with Gasteiger partial charge in [0.1, 0.15) is 54.0 Å². The Morgan fingerprint density at radius 3 is 2.54 bits per heavy atom. The lowest BCUT2D eigenvalue weighted by atomic mass is 10.1. The molecule has 250 valence electrons. The number of alkyl halides is 1. The van der Waals surface area contributed by atoms with Gasteiger partial charge in [0.25, 0.3) is 5.91 Å². The van der Waals surface area contributed by atoms with E-state index in [2.05, 4.69) is 35.0 Å². The third-order valence-corrected chi connectivity index (χ3v) is 10.5. The average molecular weight is 710 g/mol. The van der Waals surface area contributed by atoms with Gasteiger partial charge < -0.3 is 35.5 Å². The van der Waals surface area contributed by atoms with Crippen LogP contribution < -0.4 is 16.8 Å². The second kappa shape index (κ2) is 11.7. The van der Waals surface area contributed by atoms with E-state index >= 15 is 4.39 Å². The Morgan fingerprint density at radius 2 is 1.80 bits per heavy atom. The predicted octanol–water partition coefficient (Wildman–Crippen LogP) is -0.974. The number of hydrogen-bond donors (Lipinski definition) is 5. The predicted molar refractivity (Wildman–Crippen MR) is 147 cm³/mol. The maximum atomic E-state index is 16.0. The van der Waals surface area contributed by atoms with Gasteiger partial charge in [-0.15, -0.1) is 0 Å². The third kappa shape index (κ3) is 5.56. The summed E-state index contributed by atoms with van der Waals surface area (Å²) in [6.45, 7) is -1.59. The van der Waals surface area contributed by atoms with Crippen LogP contribution in [0.2, 0.25) is 0 Å². The minimum absolute atomic E-state index is 0.0344. The zero-order chi connectivity index (χ0) is 32.5. The SMILES string of the molecule is CO[C@H]1[C@H]2OP(=O)(O)OC[C@H]3O[C@@H](c4snc5c(N)ncnc45)[C@H](F)[C@@H]3OP(=O)(O)OC[C@H]1O[C@H]2N1N=NC2C(=O)NC(N)=NC21. The number of guanidine groups is 1. The first kappa shape index (κ1) is 31.7. The number of halogens is 1. The number of nitrogens with one attached hydrogen (secondary N) is 1. The molecule has 2 aromatic rings. The number of anilines is 1. The molecule has 12 atom stereocenters. The Hall–Kier alpha value is -2.86. The lowest BCUT2D eigenvalue weighted by molar-refractivity contribution is -0.127. The molecule has 7 N–H and O–H groups in total. The lowest BCUT2D eigenvalue weighted by Crippen LogP contribution is -2.56. The lowest BCUT2D eigenvalue weighted by Gasteiger charge is -2.32. The number of methoxy groups -OCH3 is 1. The van der Waals surface area contributed by atoms with Crippen LogP contribution in [0.25, 0.3) is 11.0 Å². The van der Waals surface area contributed by atoms with Crippen LogP contribution in [-0.4, -0.2) is 116 Å². The number of amides is 1. The minimum atomic E-state index is -5.09. The topological polar surface area (TPSA) is 299 Å². The third-order valence-electron chi connectivity index (χ3n) is 7.62. The molecule has 5 aliphatic rings. The summed E-state index contributed by atoms with van der Waals surface area (Å²) in [5.74, 6) is -0.819. The van der Waals surface area contributed by atoms with Gasteiger partial charge >= 0.3 is 15.6 Å². The fourth-order valence-electron chi connectivity index (χ4n) is 5.60. The second-order valence-electron chi connectivity index (χ2n) is 10.4. The van der Waals surface area contributed by atoms with Crippen molar-refractivity contribution in [3.05, 3.63) is 11.2 Å². The number of nitrogen functional groups attached to an aromatic ring is 1. The Balaban J connectivity index is 1.18. The summed E-state index contributed by atoms with van der Waals surface area (Å²) in [6.07, 6.45) is -12.5. The largest absolute Gasteiger partial charge is 0.472 e. The monoisotopic (exact) mass is 710 g/mol. The molecule has 46 heavy (non-hydrogen) atoms. The number of hydrogen-bond acceptors (Lipinski definition) is 20. The maximum Gasteiger partial charge on any atom is 0.472 e. The quantitative estimate of drug-likeness (QED) is 0.239. The Bertz CT molecular complexity index is 1710. The van der Waals surface area contributed by atoms with Gasteiger partial charge in [0.05, 0.1) is 18.1 Å². The normalized spacial score (nSPS) is 42.9. The fourth-order valence-corrected chi connectivity index (χ4v) is 8.37. The number of nitrogens with zero attached hydrogens (tertiary/aromatic N) is 7. The van der Waals surface area contributed by atoms with Crippen LogP contribution in [0.15, 0.2) is 21.7 Å². The summed E-state index contributed by atoms with van der Waals surface area (Å²) < 4.78 is 84.9. The standard InChI is InChI=1S/C20H25FN10O12P2S/c1-37-12-6-3-39-44(33,34)42-11-5(40-13(7(11)21)15-8-9(29-46-15)16(22)25-4-24-8)2-38-45(35,36)43-14(12)19(41-6)31-17-10(28-30-31)18(32)27-20(23)26-17/h4-7,10-14,17,19H,2-3H2,1H3,(H,33,34)(H,35,36)(H2,22,24,25)(H3,23,26,27,32)/t5-,6-,7-,10?,11-,12-,13-,14-,17?,19-/m1/s1. The highest BCUT2D eigenvalue weighted by Crippen LogP contribution is 2.54. The van der Waals surface area contributed by atoms with Crippen LogP contribution in [0.5, 0.6) is 0 Å². The highest BCUT2D eigenvalue weighted by Gasteiger charge is 2.58. The summed E-state index contributed by atoms with van der Waals surface area (Å²) in [7, 11) is -8.97. The molecule has 0 aliphatic carbocycles. The molecule has 0 spiro atoms. The van der Waals surface area contributed by atoms with Crippen molar-refractivity contribution >= 4 is 55.9 Å². The Labute approximate surface area is 260 Å². The molecule has 4 unspecified atom stereocenters. The van der Waals surface area contributed by atoms with Crippen LogP contribution in [0, 0.1) is 0 Å². The molecule has 2 aromatic heterocycles. The van der Waals surface area contributed by atoms with Gasteiger partial charge in [-0.3, -0.25) is 28.2 Å². The first-order valence-corrected chi connectivity index (χ1v) is 17.1. The number of aliphatic imine (C=N–C) groups is 1. The van der Waals surface area contributed by atoms with Gasteiger partial charge in [0.2, 0.25) is 0 Å². The minimum Gasteiger partial charge on any atom is -0.382 e. The Morgan fingerprint density at radius 1 is 1.09 bits per heavy atom. The van der Waals surface area contributed by atoms with Gasteiger partial charge in [-0.05, 0) is 11.5 Å². The van der Waals surface area contributed by atoms with Crippen molar-refractivity contribution in [3.8, 4) is 0 Å². The van der Waals surface area contributed by atoms with Gasteiger partial charge in [-0.1, -0.05) is 5.22 Å². The number of rotatable bonds is 3. The van der Waals surface area contributed by atoms with Crippen molar-refractivity contribution < 1.29 is 60.4 Å². The summed E-state index contributed by atoms with van der Waals surface area (Å²) in [5, 5.41) is 11.2. The van der Waals surface area contributed by atoms with Crippen LogP contribution in [-0.2, 0) is 46.2 Å². The number of aromatic nitrogens is 3.